The van der Waals surface area contributed by atoms with Crippen molar-refractivity contribution in [2.75, 3.05) is 12.3 Å². The van der Waals surface area contributed by atoms with Gasteiger partial charge < -0.3 is 11.1 Å². The maximum absolute atomic E-state index is 12.0. The molecule has 1 rings (SSSR count). The number of hydrogen-bond acceptors (Lipinski definition) is 5. The van der Waals surface area contributed by atoms with E-state index in [1.807, 2.05) is 19.2 Å². The van der Waals surface area contributed by atoms with Crippen LogP contribution < -0.4 is 11.1 Å². The minimum absolute atomic E-state index is 0.0158. The molecule has 6 nitrogen and oxygen atoms in total. The number of nitrogens with two attached hydrogens (primary N) is 1. The Kier molecular flexibility index (Phi) is 5.26. The van der Waals surface area contributed by atoms with Gasteiger partial charge in [-0.3, -0.25) is 9.36 Å². The summed E-state index contributed by atoms with van der Waals surface area (Å²) in [5.74, 6) is -0.519. The quantitative estimate of drug-likeness (QED) is 0.807. The molecule has 1 aromatic heterocycles. The summed E-state index contributed by atoms with van der Waals surface area (Å²) >= 11 is 1.01. The van der Waals surface area contributed by atoms with Crippen molar-refractivity contribution in [3.05, 3.63) is 0 Å². The van der Waals surface area contributed by atoms with Gasteiger partial charge in [0, 0.05) is 6.04 Å². The smallest absolute Gasteiger partial charge is 0.368 e. The number of nitrogen functional groups attached to an aromatic ring is 1. The first-order valence-corrected chi connectivity index (χ1v) is 6.71. The Labute approximate surface area is 118 Å². The Morgan fingerprint density at radius 1 is 1.40 bits per heavy atom. The minimum Gasteiger partial charge on any atom is -0.368 e. The van der Waals surface area contributed by atoms with Crippen LogP contribution in [0.15, 0.2) is 5.16 Å². The first-order chi connectivity index (χ1) is 9.11. The third-order valence-electron chi connectivity index (χ3n) is 2.32. The van der Waals surface area contributed by atoms with Gasteiger partial charge in [0.1, 0.15) is 6.54 Å². The van der Waals surface area contributed by atoms with Crippen molar-refractivity contribution in [3.8, 4) is 0 Å². The minimum atomic E-state index is -4.43. The molecule has 1 heterocycles. The van der Waals surface area contributed by atoms with E-state index in [0.29, 0.717) is 5.16 Å². The second-order valence-electron chi connectivity index (χ2n) is 4.40. The van der Waals surface area contributed by atoms with E-state index in [9.17, 15) is 18.0 Å². The lowest BCUT2D eigenvalue weighted by Crippen LogP contribution is -2.38. The van der Waals surface area contributed by atoms with Crippen LogP contribution in [0.2, 0.25) is 0 Å². The number of carbonyl (C=O) groups is 1. The molecular weight excluding hydrogens is 295 g/mol. The van der Waals surface area contributed by atoms with E-state index >= 15 is 0 Å². The first kappa shape index (κ1) is 16.6. The van der Waals surface area contributed by atoms with Crippen LogP contribution in [0.25, 0.3) is 0 Å². The van der Waals surface area contributed by atoms with Gasteiger partial charge in [-0.15, -0.1) is 10.2 Å². The molecule has 0 fully saturated rings. The Bertz CT molecular complexity index is 474. The molecule has 0 saturated heterocycles. The molecule has 1 aromatic rings. The lowest BCUT2D eigenvalue weighted by Gasteiger charge is -2.15. The van der Waals surface area contributed by atoms with Gasteiger partial charge in [-0.1, -0.05) is 11.8 Å². The number of nitrogens with one attached hydrogen (secondary N) is 1. The molecule has 0 radical (unpaired) electrons. The Balaban J connectivity index is 2.67. The van der Waals surface area contributed by atoms with Crippen LogP contribution in [0.3, 0.4) is 0 Å². The van der Waals surface area contributed by atoms with E-state index in [0.717, 1.165) is 11.8 Å². The molecule has 114 valence electrons. The summed E-state index contributed by atoms with van der Waals surface area (Å²) in [5, 5.41) is 8.99. The van der Waals surface area contributed by atoms with Crippen LogP contribution in [0.1, 0.15) is 26.8 Å². The zero-order chi connectivity index (χ0) is 15.5. The highest BCUT2D eigenvalue weighted by Crippen LogP contribution is 2.26. The molecular formula is C10H16F3N5OS. The molecule has 3 N–H and O–H groups in total. The van der Waals surface area contributed by atoms with Gasteiger partial charge in [0.2, 0.25) is 11.9 Å². The lowest BCUT2D eigenvalue weighted by molar-refractivity contribution is -0.137. The molecule has 0 aliphatic rings. The Morgan fingerprint density at radius 2 is 2.00 bits per heavy atom. The Morgan fingerprint density at radius 3 is 2.50 bits per heavy atom. The zero-order valence-corrected chi connectivity index (χ0v) is 12.0. The van der Waals surface area contributed by atoms with Crippen LogP contribution in [0.5, 0.6) is 0 Å². The van der Waals surface area contributed by atoms with Gasteiger partial charge in [0.05, 0.1) is 5.25 Å². The molecule has 0 bridgehead atoms. The van der Waals surface area contributed by atoms with Crippen LogP contribution in [0, 0.1) is 0 Å². The number of alkyl halides is 3. The summed E-state index contributed by atoms with van der Waals surface area (Å²) in [6.45, 7) is 3.86. The molecule has 0 spiro atoms. The van der Waals surface area contributed by atoms with Crippen molar-refractivity contribution in [2.24, 2.45) is 0 Å². The molecule has 20 heavy (non-hydrogen) atoms. The van der Waals surface area contributed by atoms with Gasteiger partial charge in [-0.25, -0.2) is 0 Å². The number of rotatable bonds is 5. The number of carbonyl (C=O) groups excluding carboxylic acids is 1. The van der Waals surface area contributed by atoms with E-state index in [-0.39, 0.29) is 12.0 Å². The van der Waals surface area contributed by atoms with Crippen LogP contribution in [0.4, 0.5) is 19.1 Å². The largest absolute Gasteiger partial charge is 0.405 e. The Hall–Kier alpha value is -1.45. The summed E-state index contributed by atoms with van der Waals surface area (Å²) in [6.07, 6.45) is -4.43. The molecule has 0 aromatic carbocycles. The van der Waals surface area contributed by atoms with Gasteiger partial charge >= 0.3 is 6.18 Å². The zero-order valence-electron chi connectivity index (χ0n) is 11.2. The molecule has 0 saturated carbocycles. The number of thioether (sulfide) groups is 1. The van der Waals surface area contributed by atoms with Crippen LogP contribution >= 0.6 is 11.8 Å². The second-order valence-corrected chi connectivity index (χ2v) is 5.71. The molecule has 0 aliphatic heterocycles. The predicted octanol–water partition coefficient (Wildman–Crippen LogP) is 1.60. The highest BCUT2D eigenvalue weighted by atomic mass is 32.2. The van der Waals surface area contributed by atoms with E-state index in [1.54, 1.807) is 4.57 Å². The van der Waals surface area contributed by atoms with Crippen LogP contribution in [-0.4, -0.2) is 38.6 Å². The second kappa shape index (κ2) is 6.33. The van der Waals surface area contributed by atoms with Gasteiger partial charge in [0.25, 0.3) is 0 Å². The fourth-order valence-corrected chi connectivity index (χ4v) is 2.41. The van der Waals surface area contributed by atoms with Gasteiger partial charge in [0.15, 0.2) is 5.16 Å². The van der Waals surface area contributed by atoms with Gasteiger partial charge in [-0.05, 0) is 20.8 Å². The third kappa shape index (κ3) is 4.58. The molecule has 10 heteroatoms. The molecule has 1 atom stereocenters. The van der Waals surface area contributed by atoms with Crippen LogP contribution in [-0.2, 0) is 4.79 Å². The fraction of sp³-hybridized carbons (Fsp3) is 0.700. The molecule has 0 aliphatic carbocycles. The summed E-state index contributed by atoms with van der Waals surface area (Å²) in [5.41, 5.74) is 5.64. The number of nitrogens with zero attached hydrogens (tertiary/aromatic N) is 3. The SMILES string of the molecule is CC(C)n1c(N)nnc1S[C@@H](C)C(=O)NCC(F)(F)F. The monoisotopic (exact) mass is 311 g/mol. The maximum atomic E-state index is 12.0. The lowest BCUT2D eigenvalue weighted by atomic mass is 10.4. The van der Waals surface area contributed by atoms with Crippen molar-refractivity contribution >= 4 is 23.6 Å². The number of halogens is 3. The number of hydrogen-bond donors (Lipinski definition) is 2. The average molecular weight is 311 g/mol. The molecule has 1 amide bonds. The number of aromatic nitrogens is 3. The maximum Gasteiger partial charge on any atom is 0.405 e. The summed E-state index contributed by atoms with van der Waals surface area (Å²) in [7, 11) is 0. The number of anilines is 1. The van der Waals surface area contributed by atoms with Crippen molar-refractivity contribution in [2.45, 2.75) is 43.4 Å². The van der Waals surface area contributed by atoms with Crippen molar-refractivity contribution in [1.82, 2.24) is 20.1 Å². The summed E-state index contributed by atoms with van der Waals surface area (Å²) < 4.78 is 37.7. The predicted molar refractivity (Wildman–Crippen MR) is 69.2 cm³/mol. The fourth-order valence-electron chi connectivity index (χ4n) is 1.40. The summed E-state index contributed by atoms with van der Waals surface area (Å²) in [6, 6.07) is -0.0158. The normalized spacial score (nSPS) is 13.6. The topological polar surface area (TPSA) is 85.8 Å². The van der Waals surface area contributed by atoms with Crippen molar-refractivity contribution in [1.29, 1.82) is 0 Å². The molecule has 0 unspecified atom stereocenters. The van der Waals surface area contributed by atoms with Gasteiger partial charge in [-0.2, -0.15) is 13.2 Å². The summed E-state index contributed by atoms with van der Waals surface area (Å²) in [4.78, 5) is 11.6. The van der Waals surface area contributed by atoms with Crippen molar-refractivity contribution in [3.63, 3.8) is 0 Å². The highest BCUT2D eigenvalue weighted by Gasteiger charge is 2.29. The standard InChI is InChI=1S/C10H16F3N5OS/c1-5(2)18-8(14)16-17-9(18)20-6(3)7(19)15-4-10(11,12)13/h5-6H,4H2,1-3H3,(H2,14,16)(H,15,19)/t6-/m0/s1. The first-order valence-electron chi connectivity index (χ1n) is 5.83. The van der Waals surface area contributed by atoms with E-state index in [2.05, 4.69) is 10.2 Å². The third-order valence-corrected chi connectivity index (χ3v) is 3.38. The number of amides is 1. The highest BCUT2D eigenvalue weighted by molar-refractivity contribution is 8.00. The average Bonchev–Trinajstić information content (AvgIpc) is 2.66. The van der Waals surface area contributed by atoms with E-state index in [4.69, 9.17) is 5.73 Å². The van der Waals surface area contributed by atoms with Crippen molar-refractivity contribution < 1.29 is 18.0 Å². The van der Waals surface area contributed by atoms with E-state index in [1.165, 1.54) is 6.92 Å². The van der Waals surface area contributed by atoms with E-state index < -0.39 is 23.9 Å².